The number of halogens is 2. The Balaban J connectivity index is 0.00000128. The lowest BCUT2D eigenvalue weighted by molar-refractivity contribution is 0.411. The summed E-state index contributed by atoms with van der Waals surface area (Å²) in [5.41, 5.74) is 0.897. The Morgan fingerprint density at radius 3 is 2.56 bits per heavy atom. The van der Waals surface area contributed by atoms with Crippen LogP contribution in [0, 0.1) is 5.82 Å². The smallest absolute Gasteiger partial charge is 0.128 e. The Labute approximate surface area is 101 Å². The van der Waals surface area contributed by atoms with Gasteiger partial charge in [-0.1, -0.05) is 0 Å². The molecule has 90 valence electrons. The van der Waals surface area contributed by atoms with E-state index in [-0.39, 0.29) is 18.2 Å². The first-order chi connectivity index (χ1) is 7.29. The van der Waals surface area contributed by atoms with Gasteiger partial charge < -0.3 is 15.0 Å². The van der Waals surface area contributed by atoms with E-state index in [0.29, 0.717) is 5.75 Å². The molecule has 0 amide bonds. The van der Waals surface area contributed by atoms with Gasteiger partial charge in [0, 0.05) is 44.0 Å². The van der Waals surface area contributed by atoms with Crippen LogP contribution >= 0.6 is 12.4 Å². The lowest BCUT2D eigenvalue weighted by atomic mass is 10.2. The van der Waals surface area contributed by atoms with Gasteiger partial charge in [0.15, 0.2) is 0 Å². The Kier molecular flexibility index (Phi) is 4.83. The fourth-order valence-corrected chi connectivity index (χ4v) is 1.77. The molecule has 5 heteroatoms. The Morgan fingerprint density at radius 2 is 1.94 bits per heavy atom. The highest BCUT2D eigenvalue weighted by atomic mass is 35.5. The van der Waals surface area contributed by atoms with E-state index in [1.54, 1.807) is 13.2 Å². The molecular weight excluding hydrogens is 231 g/mol. The highest BCUT2D eigenvalue weighted by Crippen LogP contribution is 2.23. The lowest BCUT2D eigenvalue weighted by Gasteiger charge is -2.29. The summed E-state index contributed by atoms with van der Waals surface area (Å²) < 4.78 is 18.3. The first-order valence-electron chi connectivity index (χ1n) is 5.10. The van der Waals surface area contributed by atoms with E-state index in [9.17, 15) is 4.39 Å². The quantitative estimate of drug-likeness (QED) is 0.859. The molecule has 0 bridgehead atoms. The standard InChI is InChI=1S/C11H15FN2O.ClH/c1-15-11-7-9(12)6-10(8-11)14-4-2-13-3-5-14;/h6-8,13H,2-5H2,1H3;1H. The molecular formula is C11H16ClFN2O. The van der Waals surface area contributed by atoms with E-state index in [4.69, 9.17) is 4.74 Å². The molecule has 0 unspecified atom stereocenters. The molecule has 0 saturated carbocycles. The summed E-state index contributed by atoms with van der Waals surface area (Å²) in [5.74, 6) is 0.325. The second-order valence-electron chi connectivity index (χ2n) is 3.59. The molecule has 1 aromatic rings. The topological polar surface area (TPSA) is 24.5 Å². The SMILES string of the molecule is COc1cc(F)cc(N2CCNCC2)c1.Cl. The van der Waals surface area contributed by atoms with Gasteiger partial charge in [0.1, 0.15) is 11.6 Å². The number of rotatable bonds is 2. The molecule has 1 aliphatic rings. The molecule has 1 heterocycles. The first kappa shape index (κ1) is 13.1. The molecule has 0 atom stereocenters. The summed E-state index contributed by atoms with van der Waals surface area (Å²) in [6.07, 6.45) is 0. The minimum absolute atomic E-state index is 0. The second kappa shape index (κ2) is 5.92. The van der Waals surface area contributed by atoms with Crippen LogP contribution in [0.25, 0.3) is 0 Å². The van der Waals surface area contributed by atoms with Crippen molar-refractivity contribution in [2.24, 2.45) is 0 Å². The number of methoxy groups -OCH3 is 1. The average molecular weight is 247 g/mol. The summed E-state index contributed by atoms with van der Waals surface area (Å²) in [5, 5.41) is 3.26. The summed E-state index contributed by atoms with van der Waals surface area (Å²) in [6.45, 7) is 3.71. The molecule has 0 aromatic heterocycles. The zero-order chi connectivity index (χ0) is 10.7. The van der Waals surface area contributed by atoms with E-state index < -0.39 is 0 Å². The van der Waals surface area contributed by atoms with Gasteiger partial charge in [-0.2, -0.15) is 0 Å². The largest absolute Gasteiger partial charge is 0.497 e. The van der Waals surface area contributed by atoms with Gasteiger partial charge in [-0.15, -0.1) is 12.4 Å². The van der Waals surface area contributed by atoms with Crippen LogP contribution in [0.1, 0.15) is 0 Å². The molecule has 16 heavy (non-hydrogen) atoms. The van der Waals surface area contributed by atoms with Gasteiger partial charge in [-0.3, -0.25) is 0 Å². The lowest BCUT2D eigenvalue weighted by Crippen LogP contribution is -2.43. The van der Waals surface area contributed by atoms with E-state index >= 15 is 0 Å². The number of hydrogen-bond acceptors (Lipinski definition) is 3. The minimum Gasteiger partial charge on any atom is -0.497 e. The van der Waals surface area contributed by atoms with Crippen molar-refractivity contribution in [3.05, 3.63) is 24.0 Å². The Hall–Kier alpha value is -1.00. The average Bonchev–Trinajstić information content (AvgIpc) is 2.29. The number of benzene rings is 1. The summed E-state index contributed by atoms with van der Waals surface area (Å²) >= 11 is 0. The van der Waals surface area contributed by atoms with Crippen LogP contribution in [-0.4, -0.2) is 33.3 Å². The van der Waals surface area contributed by atoms with Crippen molar-refractivity contribution in [1.82, 2.24) is 5.32 Å². The molecule has 0 radical (unpaired) electrons. The third kappa shape index (κ3) is 3.00. The van der Waals surface area contributed by atoms with Crippen LogP contribution in [0.4, 0.5) is 10.1 Å². The van der Waals surface area contributed by atoms with Crippen LogP contribution in [0.5, 0.6) is 5.75 Å². The maximum atomic E-state index is 13.2. The molecule has 1 aromatic carbocycles. The summed E-state index contributed by atoms with van der Waals surface area (Å²) in [7, 11) is 1.55. The first-order valence-corrected chi connectivity index (χ1v) is 5.10. The summed E-state index contributed by atoms with van der Waals surface area (Å²) in [4.78, 5) is 2.15. The van der Waals surface area contributed by atoms with Gasteiger partial charge in [-0.05, 0) is 6.07 Å². The normalized spacial score (nSPS) is 15.5. The van der Waals surface area contributed by atoms with Crippen molar-refractivity contribution >= 4 is 18.1 Å². The zero-order valence-corrected chi connectivity index (χ0v) is 10.0. The third-order valence-electron chi connectivity index (χ3n) is 2.57. The third-order valence-corrected chi connectivity index (χ3v) is 2.57. The van der Waals surface area contributed by atoms with E-state index in [1.807, 2.05) is 6.07 Å². The van der Waals surface area contributed by atoms with E-state index in [1.165, 1.54) is 6.07 Å². The molecule has 1 saturated heterocycles. The predicted molar refractivity (Wildman–Crippen MR) is 65.3 cm³/mol. The predicted octanol–water partition coefficient (Wildman–Crippen LogP) is 1.67. The van der Waals surface area contributed by atoms with Crippen molar-refractivity contribution < 1.29 is 9.13 Å². The zero-order valence-electron chi connectivity index (χ0n) is 9.20. The van der Waals surface area contributed by atoms with Gasteiger partial charge in [0.2, 0.25) is 0 Å². The number of hydrogen-bond donors (Lipinski definition) is 1. The summed E-state index contributed by atoms with van der Waals surface area (Å²) in [6, 6.07) is 4.81. The van der Waals surface area contributed by atoms with Crippen molar-refractivity contribution in [3.63, 3.8) is 0 Å². The maximum Gasteiger partial charge on any atom is 0.128 e. The molecule has 0 spiro atoms. The highest BCUT2D eigenvalue weighted by Gasteiger charge is 2.12. The maximum absolute atomic E-state index is 13.2. The number of ether oxygens (including phenoxy) is 1. The van der Waals surface area contributed by atoms with Gasteiger partial charge in [-0.25, -0.2) is 4.39 Å². The van der Waals surface area contributed by atoms with Crippen molar-refractivity contribution in [2.75, 3.05) is 38.2 Å². The second-order valence-corrected chi connectivity index (χ2v) is 3.59. The number of nitrogens with zero attached hydrogens (tertiary/aromatic N) is 1. The van der Waals surface area contributed by atoms with Crippen LogP contribution in [0.15, 0.2) is 18.2 Å². The number of nitrogens with one attached hydrogen (secondary N) is 1. The van der Waals surface area contributed by atoms with Gasteiger partial charge in [0.25, 0.3) is 0 Å². The van der Waals surface area contributed by atoms with Crippen LogP contribution in [-0.2, 0) is 0 Å². The van der Waals surface area contributed by atoms with E-state index in [2.05, 4.69) is 10.2 Å². The van der Waals surface area contributed by atoms with Gasteiger partial charge >= 0.3 is 0 Å². The van der Waals surface area contributed by atoms with Crippen LogP contribution < -0.4 is 15.0 Å². The minimum atomic E-state index is -0.247. The molecule has 1 N–H and O–H groups in total. The molecule has 2 rings (SSSR count). The van der Waals surface area contributed by atoms with Crippen LogP contribution in [0.2, 0.25) is 0 Å². The van der Waals surface area contributed by atoms with Crippen molar-refractivity contribution in [2.45, 2.75) is 0 Å². The monoisotopic (exact) mass is 246 g/mol. The number of anilines is 1. The van der Waals surface area contributed by atoms with E-state index in [0.717, 1.165) is 31.9 Å². The van der Waals surface area contributed by atoms with Crippen molar-refractivity contribution in [3.8, 4) is 5.75 Å². The molecule has 1 aliphatic heterocycles. The fraction of sp³-hybridized carbons (Fsp3) is 0.455. The number of piperazine rings is 1. The highest BCUT2D eigenvalue weighted by molar-refractivity contribution is 5.85. The van der Waals surface area contributed by atoms with Gasteiger partial charge in [0.05, 0.1) is 7.11 Å². The Bertz CT molecular complexity index is 343. The fourth-order valence-electron chi connectivity index (χ4n) is 1.77. The molecule has 1 fully saturated rings. The van der Waals surface area contributed by atoms with Crippen molar-refractivity contribution in [1.29, 1.82) is 0 Å². The molecule has 3 nitrogen and oxygen atoms in total. The molecule has 0 aliphatic carbocycles. The Morgan fingerprint density at radius 1 is 1.25 bits per heavy atom. The van der Waals surface area contributed by atoms with Crippen LogP contribution in [0.3, 0.4) is 0 Å².